The maximum absolute atomic E-state index is 13.9. The van der Waals surface area contributed by atoms with E-state index in [0.717, 1.165) is 12.0 Å². The molecule has 3 aromatic rings. The van der Waals surface area contributed by atoms with E-state index in [9.17, 15) is 9.18 Å². The van der Waals surface area contributed by atoms with Gasteiger partial charge in [0.25, 0.3) is 0 Å². The molecule has 2 aromatic carbocycles. The van der Waals surface area contributed by atoms with Crippen LogP contribution in [0.4, 0.5) is 10.1 Å². The van der Waals surface area contributed by atoms with Crippen LogP contribution in [0, 0.1) is 16.6 Å². The summed E-state index contributed by atoms with van der Waals surface area (Å²) in [6.45, 7) is 4.30. The highest BCUT2D eigenvalue weighted by Crippen LogP contribution is 2.53. The van der Waals surface area contributed by atoms with E-state index in [0.29, 0.717) is 23.0 Å². The standard InChI is InChI=1S/C24H25FN2O/c1-23(11-12-23)16-24(2,14-17-7-4-3-5-8-17)22(28)27-19-13-18-9-6-10-20(25)21(18)26-15-19/h3-10,13,15H,11-12,14,16H2,1-2H3,(H,27,28)/t24-/m0/s1. The Balaban J connectivity index is 1.60. The Morgan fingerprint density at radius 2 is 1.93 bits per heavy atom. The van der Waals surface area contributed by atoms with Crippen LogP contribution in [0.25, 0.3) is 10.9 Å². The van der Waals surface area contributed by atoms with Gasteiger partial charge in [0.15, 0.2) is 0 Å². The number of aromatic nitrogens is 1. The van der Waals surface area contributed by atoms with Gasteiger partial charge in [-0.3, -0.25) is 9.78 Å². The van der Waals surface area contributed by atoms with Gasteiger partial charge in [0, 0.05) is 5.39 Å². The van der Waals surface area contributed by atoms with E-state index < -0.39 is 5.41 Å². The van der Waals surface area contributed by atoms with Crippen LogP contribution < -0.4 is 5.32 Å². The van der Waals surface area contributed by atoms with Crippen molar-refractivity contribution < 1.29 is 9.18 Å². The molecule has 1 saturated carbocycles. The lowest BCUT2D eigenvalue weighted by atomic mass is 9.74. The number of nitrogens with zero attached hydrogens (tertiary/aromatic N) is 1. The number of fused-ring (bicyclic) bond motifs is 1. The first-order chi connectivity index (χ1) is 13.4. The lowest BCUT2D eigenvalue weighted by Crippen LogP contribution is -2.37. The number of pyridine rings is 1. The zero-order valence-electron chi connectivity index (χ0n) is 16.3. The predicted octanol–water partition coefficient (Wildman–Crippen LogP) is 5.75. The molecule has 3 nitrogen and oxygen atoms in total. The van der Waals surface area contributed by atoms with Gasteiger partial charge in [-0.05, 0) is 48.8 Å². The number of nitrogens with one attached hydrogen (secondary N) is 1. The number of rotatable bonds is 6. The smallest absolute Gasteiger partial charge is 0.230 e. The molecule has 1 aliphatic rings. The molecule has 1 atom stereocenters. The third-order valence-corrected chi connectivity index (χ3v) is 5.83. The Kier molecular flexibility index (Phi) is 4.66. The molecule has 1 fully saturated rings. The van der Waals surface area contributed by atoms with E-state index in [1.165, 1.54) is 25.1 Å². The molecule has 144 valence electrons. The Bertz CT molecular complexity index is 1010. The second-order valence-electron chi connectivity index (χ2n) is 8.70. The summed E-state index contributed by atoms with van der Waals surface area (Å²) in [5.41, 5.74) is 1.79. The molecular formula is C24H25FN2O. The van der Waals surface area contributed by atoms with Crippen molar-refractivity contribution >= 4 is 22.5 Å². The average molecular weight is 376 g/mol. The van der Waals surface area contributed by atoms with Crippen molar-refractivity contribution in [3.8, 4) is 0 Å². The molecule has 4 heteroatoms. The first-order valence-corrected chi connectivity index (χ1v) is 9.77. The van der Waals surface area contributed by atoms with E-state index in [1.807, 2.05) is 25.1 Å². The fourth-order valence-corrected chi connectivity index (χ4v) is 4.08. The third-order valence-electron chi connectivity index (χ3n) is 5.83. The van der Waals surface area contributed by atoms with Gasteiger partial charge in [0.1, 0.15) is 11.3 Å². The van der Waals surface area contributed by atoms with E-state index in [-0.39, 0.29) is 17.1 Å². The minimum Gasteiger partial charge on any atom is -0.324 e. The van der Waals surface area contributed by atoms with Gasteiger partial charge in [0.05, 0.1) is 17.3 Å². The van der Waals surface area contributed by atoms with Crippen LogP contribution in [0.2, 0.25) is 0 Å². The van der Waals surface area contributed by atoms with Gasteiger partial charge in [0.2, 0.25) is 5.91 Å². The second kappa shape index (κ2) is 7.01. The number of hydrogen-bond donors (Lipinski definition) is 1. The lowest BCUT2D eigenvalue weighted by molar-refractivity contribution is -0.125. The number of carbonyl (C=O) groups excluding carboxylic acids is 1. The van der Waals surface area contributed by atoms with Crippen LogP contribution >= 0.6 is 0 Å². The molecule has 4 rings (SSSR count). The fraction of sp³-hybridized carbons (Fsp3) is 0.333. The van der Waals surface area contributed by atoms with Crippen LogP contribution in [-0.2, 0) is 11.2 Å². The van der Waals surface area contributed by atoms with Crippen molar-refractivity contribution in [2.75, 3.05) is 5.32 Å². The molecule has 28 heavy (non-hydrogen) atoms. The number of carbonyl (C=O) groups is 1. The summed E-state index contributed by atoms with van der Waals surface area (Å²) in [6, 6.07) is 16.8. The molecule has 1 amide bonds. The summed E-state index contributed by atoms with van der Waals surface area (Å²) in [6.07, 6.45) is 5.40. The molecule has 1 N–H and O–H groups in total. The highest BCUT2D eigenvalue weighted by Gasteiger charge is 2.46. The highest BCUT2D eigenvalue weighted by atomic mass is 19.1. The van der Waals surface area contributed by atoms with Crippen LogP contribution in [0.15, 0.2) is 60.8 Å². The summed E-state index contributed by atoms with van der Waals surface area (Å²) in [4.78, 5) is 17.5. The van der Waals surface area contributed by atoms with Crippen molar-refractivity contribution in [3.05, 3.63) is 72.2 Å². The lowest BCUT2D eigenvalue weighted by Gasteiger charge is -2.31. The topological polar surface area (TPSA) is 42.0 Å². The molecule has 1 heterocycles. The molecule has 0 bridgehead atoms. The predicted molar refractivity (Wildman–Crippen MR) is 111 cm³/mol. The van der Waals surface area contributed by atoms with E-state index in [2.05, 4.69) is 29.4 Å². The van der Waals surface area contributed by atoms with Gasteiger partial charge in [-0.15, -0.1) is 0 Å². The molecule has 0 unspecified atom stereocenters. The second-order valence-corrected chi connectivity index (χ2v) is 8.70. The van der Waals surface area contributed by atoms with E-state index >= 15 is 0 Å². The highest BCUT2D eigenvalue weighted by molar-refractivity contribution is 5.96. The molecule has 1 aliphatic carbocycles. The number of benzene rings is 2. The van der Waals surface area contributed by atoms with Crippen LogP contribution in [0.3, 0.4) is 0 Å². The summed E-state index contributed by atoms with van der Waals surface area (Å²) in [5.74, 6) is -0.368. The maximum Gasteiger partial charge on any atom is 0.230 e. The quantitative estimate of drug-likeness (QED) is 0.595. The monoisotopic (exact) mass is 376 g/mol. The van der Waals surface area contributed by atoms with Gasteiger partial charge >= 0.3 is 0 Å². The van der Waals surface area contributed by atoms with E-state index in [4.69, 9.17) is 0 Å². The molecule has 0 aliphatic heterocycles. The van der Waals surface area contributed by atoms with Crippen molar-refractivity contribution in [1.82, 2.24) is 4.98 Å². The molecule has 0 radical (unpaired) electrons. The number of amides is 1. The Labute approximate surface area is 165 Å². The largest absolute Gasteiger partial charge is 0.324 e. The summed E-state index contributed by atoms with van der Waals surface area (Å²) in [7, 11) is 0. The normalized spacial score (nSPS) is 17.1. The van der Waals surface area contributed by atoms with Crippen molar-refractivity contribution in [2.24, 2.45) is 10.8 Å². The minimum atomic E-state index is -0.524. The van der Waals surface area contributed by atoms with Crippen LogP contribution in [0.5, 0.6) is 0 Å². The minimum absolute atomic E-state index is 0.0120. The summed E-state index contributed by atoms with van der Waals surface area (Å²) in [5, 5.41) is 3.72. The van der Waals surface area contributed by atoms with Crippen molar-refractivity contribution in [3.63, 3.8) is 0 Å². The number of halogens is 1. The number of anilines is 1. The van der Waals surface area contributed by atoms with Gasteiger partial charge < -0.3 is 5.32 Å². The molecule has 0 saturated heterocycles. The van der Waals surface area contributed by atoms with Crippen LogP contribution in [-0.4, -0.2) is 10.9 Å². The van der Waals surface area contributed by atoms with Gasteiger partial charge in [-0.2, -0.15) is 0 Å². The van der Waals surface area contributed by atoms with Gasteiger partial charge in [-0.1, -0.05) is 56.3 Å². The van der Waals surface area contributed by atoms with Crippen LogP contribution in [0.1, 0.15) is 38.7 Å². The zero-order chi connectivity index (χ0) is 19.8. The molecule has 1 aromatic heterocycles. The Morgan fingerprint density at radius 3 is 2.64 bits per heavy atom. The maximum atomic E-state index is 13.9. The van der Waals surface area contributed by atoms with Crippen molar-refractivity contribution in [1.29, 1.82) is 0 Å². The first kappa shape index (κ1) is 18.6. The average Bonchev–Trinajstić information content (AvgIpc) is 3.39. The zero-order valence-corrected chi connectivity index (χ0v) is 16.3. The number of hydrogen-bond acceptors (Lipinski definition) is 2. The summed E-state index contributed by atoms with van der Waals surface area (Å²) >= 11 is 0. The molecular weight excluding hydrogens is 351 g/mol. The van der Waals surface area contributed by atoms with E-state index in [1.54, 1.807) is 18.2 Å². The summed E-state index contributed by atoms with van der Waals surface area (Å²) < 4.78 is 13.9. The Hall–Kier alpha value is -2.75. The van der Waals surface area contributed by atoms with Gasteiger partial charge in [-0.25, -0.2) is 4.39 Å². The third kappa shape index (κ3) is 3.91. The van der Waals surface area contributed by atoms with Crippen molar-refractivity contribution in [2.45, 2.75) is 39.5 Å². The SMILES string of the molecule is CC1(C[C@](C)(Cc2ccccc2)C(=O)Nc2cnc3c(F)cccc3c2)CC1. The Morgan fingerprint density at radius 1 is 1.18 bits per heavy atom. The number of para-hydroxylation sites is 1. The molecule has 0 spiro atoms. The first-order valence-electron chi connectivity index (χ1n) is 9.77. The fourth-order valence-electron chi connectivity index (χ4n) is 4.08.